The van der Waals surface area contributed by atoms with Crippen LogP contribution in [0.15, 0.2) is 22.7 Å². The maximum atomic E-state index is 11.8. The normalized spacial score (nSPS) is 9.89. The lowest BCUT2D eigenvalue weighted by molar-refractivity contribution is -0.137. The van der Waals surface area contributed by atoms with Crippen molar-refractivity contribution in [3.8, 4) is 5.75 Å². The molecular weight excluding hydrogens is 302 g/mol. The Morgan fingerprint density at radius 2 is 2.17 bits per heavy atom. The summed E-state index contributed by atoms with van der Waals surface area (Å²) in [6, 6.07) is 5.09. The highest BCUT2D eigenvalue weighted by molar-refractivity contribution is 9.10. The quantitative estimate of drug-likeness (QED) is 0.788. The highest BCUT2D eigenvalue weighted by atomic mass is 79.9. The number of carbonyl (C=O) groups excluding carboxylic acids is 1. The van der Waals surface area contributed by atoms with Gasteiger partial charge in [0.15, 0.2) is 0 Å². The summed E-state index contributed by atoms with van der Waals surface area (Å²) in [7, 11) is 1.49. The van der Waals surface area contributed by atoms with E-state index in [0.29, 0.717) is 24.3 Å². The summed E-state index contributed by atoms with van der Waals surface area (Å²) in [6.07, 6.45) is 0.442. The zero-order chi connectivity index (χ0) is 13.5. The molecule has 2 N–H and O–H groups in total. The van der Waals surface area contributed by atoms with Gasteiger partial charge in [-0.1, -0.05) is 15.9 Å². The topological polar surface area (TPSA) is 75.6 Å². The zero-order valence-corrected chi connectivity index (χ0v) is 11.5. The molecule has 0 aliphatic heterocycles. The Hall–Kier alpha value is -1.56. The van der Waals surface area contributed by atoms with Gasteiger partial charge < -0.3 is 15.2 Å². The van der Waals surface area contributed by atoms with Crippen LogP contribution in [0.4, 0.5) is 0 Å². The van der Waals surface area contributed by atoms with E-state index in [2.05, 4.69) is 21.2 Å². The maximum Gasteiger partial charge on any atom is 0.303 e. The van der Waals surface area contributed by atoms with Crippen molar-refractivity contribution in [3.05, 3.63) is 28.2 Å². The average molecular weight is 316 g/mol. The van der Waals surface area contributed by atoms with Crippen molar-refractivity contribution in [2.45, 2.75) is 12.8 Å². The molecule has 1 amide bonds. The first-order valence-electron chi connectivity index (χ1n) is 5.38. The number of carbonyl (C=O) groups is 2. The van der Waals surface area contributed by atoms with Crippen LogP contribution in [0.2, 0.25) is 0 Å². The molecule has 1 aromatic carbocycles. The number of methoxy groups -OCH3 is 1. The molecule has 0 unspecified atom stereocenters. The zero-order valence-electron chi connectivity index (χ0n) is 9.90. The fourth-order valence-corrected chi connectivity index (χ4v) is 1.73. The average Bonchev–Trinajstić information content (AvgIpc) is 2.33. The number of carboxylic acids is 1. The predicted octanol–water partition coefficient (Wildman–Crippen LogP) is 2.05. The number of aliphatic carboxylic acids is 1. The van der Waals surface area contributed by atoms with Crippen molar-refractivity contribution in [3.63, 3.8) is 0 Å². The van der Waals surface area contributed by atoms with Gasteiger partial charge in [0.05, 0.1) is 12.7 Å². The van der Waals surface area contributed by atoms with Crippen molar-refractivity contribution in [1.29, 1.82) is 0 Å². The highest BCUT2D eigenvalue weighted by Crippen LogP contribution is 2.23. The van der Waals surface area contributed by atoms with Gasteiger partial charge in [-0.15, -0.1) is 0 Å². The third-order valence-corrected chi connectivity index (χ3v) is 2.75. The molecule has 18 heavy (non-hydrogen) atoms. The van der Waals surface area contributed by atoms with Crippen LogP contribution in [-0.4, -0.2) is 30.6 Å². The monoisotopic (exact) mass is 315 g/mol. The SMILES string of the molecule is COc1cc(Br)ccc1C(=O)NCCCC(=O)O. The summed E-state index contributed by atoms with van der Waals surface area (Å²) in [5.41, 5.74) is 0.427. The van der Waals surface area contributed by atoms with E-state index in [-0.39, 0.29) is 12.3 Å². The number of amides is 1. The standard InChI is InChI=1S/C12H14BrNO4/c1-18-10-7-8(13)4-5-9(10)12(17)14-6-2-3-11(15)16/h4-5,7H,2-3,6H2,1H3,(H,14,17)(H,15,16). The largest absolute Gasteiger partial charge is 0.496 e. The number of hydrogen-bond acceptors (Lipinski definition) is 3. The summed E-state index contributed by atoms with van der Waals surface area (Å²) in [5, 5.41) is 11.1. The lowest BCUT2D eigenvalue weighted by Crippen LogP contribution is -2.25. The smallest absolute Gasteiger partial charge is 0.303 e. The second kappa shape index (κ2) is 7.00. The van der Waals surface area contributed by atoms with Crippen molar-refractivity contribution in [2.75, 3.05) is 13.7 Å². The van der Waals surface area contributed by atoms with Gasteiger partial charge >= 0.3 is 5.97 Å². The van der Waals surface area contributed by atoms with Crippen LogP contribution in [0, 0.1) is 0 Å². The molecule has 5 nitrogen and oxygen atoms in total. The van der Waals surface area contributed by atoms with Gasteiger partial charge in [-0.3, -0.25) is 9.59 Å². The van der Waals surface area contributed by atoms with Crippen LogP contribution in [0.5, 0.6) is 5.75 Å². The Balaban J connectivity index is 2.58. The lowest BCUT2D eigenvalue weighted by atomic mass is 10.2. The molecular formula is C12H14BrNO4. The van der Waals surface area contributed by atoms with Gasteiger partial charge in [0.2, 0.25) is 0 Å². The number of benzene rings is 1. The second-order valence-electron chi connectivity index (χ2n) is 3.60. The first kappa shape index (κ1) is 14.5. The Bertz CT molecular complexity index is 448. The van der Waals surface area contributed by atoms with Crippen molar-refractivity contribution in [1.82, 2.24) is 5.32 Å². The minimum atomic E-state index is -0.870. The van der Waals surface area contributed by atoms with Gasteiger partial charge in [-0.05, 0) is 24.6 Å². The molecule has 0 aromatic heterocycles. The van der Waals surface area contributed by atoms with E-state index in [4.69, 9.17) is 9.84 Å². The van der Waals surface area contributed by atoms with Crippen LogP contribution >= 0.6 is 15.9 Å². The predicted molar refractivity (Wildman–Crippen MR) is 69.9 cm³/mol. The van der Waals surface area contributed by atoms with Gasteiger partial charge in [0, 0.05) is 17.4 Å². The van der Waals surface area contributed by atoms with Crippen LogP contribution < -0.4 is 10.1 Å². The van der Waals surface area contributed by atoms with E-state index in [0.717, 1.165) is 4.47 Å². The van der Waals surface area contributed by atoms with E-state index in [1.165, 1.54) is 7.11 Å². The third-order valence-electron chi connectivity index (χ3n) is 2.26. The molecule has 0 bridgehead atoms. The molecule has 0 saturated carbocycles. The summed E-state index contributed by atoms with van der Waals surface area (Å²) in [5.74, 6) is -0.671. The number of ether oxygens (including phenoxy) is 1. The molecule has 6 heteroatoms. The fraction of sp³-hybridized carbons (Fsp3) is 0.333. The molecule has 0 aliphatic rings. The second-order valence-corrected chi connectivity index (χ2v) is 4.51. The number of nitrogens with one attached hydrogen (secondary N) is 1. The lowest BCUT2D eigenvalue weighted by Gasteiger charge is -2.09. The Morgan fingerprint density at radius 3 is 2.78 bits per heavy atom. The Morgan fingerprint density at radius 1 is 1.44 bits per heavy atom. The molecule has 0 saturated heterocycles. The van der Waals surface area contributed by atoms with E-state index in [1.807, 2.05) is 0 Å². The molecule has 1 aromatic rings. The summed E-state index contributed by atoms with van der Waals surface area (Å²) in [6.45, 7) is 0.324. The van der Waals surface area contributed by atoms with E-state index < -0.39 is 5.97 Å². The number of hydrogen-bond donors (Lipinski definition) is 2. The van der Waals surface area contributed by atoms with Crippen molar-refractivity contribution < 1.29 is 19.4 Å². The van der Waals surface area contributed by atoms with E-state index in [1.54, 1.807) is 18.2 Å². The summed E-state index contributed by atoms with van der Waals surface area (Å²) >= 11 is 3.29. The molecule has 0 fully saturated rings. The van der Waals surface area contributed by atoms with Crippen LogP contribution in [0.3, 0.4) is 0 Å². The van der Waals surface area contributed by atoms with Crippen molar-refractivity contribution >= 4 is 27.8 Å². The van der Waals surface area contributed by atoms with Crippen LogP contribution in [0.1, 0.15) is 23.2 Å². The molecule has 0 aliphatic carbocycles. The van der Waals surface area contributed by atoms with Gasteiger partial charge in [0.25, 0.3) is 5.91 Å². The first-order chi connectivity index (χ1) is 8.54. The molecule has 0 atom stereocenters. The van der Waals surface area contributed by atoms with Gasteiger partial charge in [-0.25, -0.2) is 0 Å². The minimum Gasteiger partial charge on any atom is -0.496 e. The Labute approximate surface area is 113 Å². The summed E-state index contributed by atoms with van der Waals surface area (Å²) in [4.78, 5) is 22.1. The molecule has 0 spiro atoms. The first-order valence-corrected chi connectivity index (χ1v) is 6.17. The summed E-state index contributed by atoms with van der Waals surface area (Å²) < 4.78 is 5.93. The molecule has 98 valence electrons. The Kier molecular flexibility index (Phi) is 5.64. The van der Waals surface area contributed by atoms with Crippen molar-refractivity contribution in [2.24, 2.45) is 0 Å². The third kappa shape index (κ3) is 4.37. The number of carboxylic acid groups (broad SMARTS) is 1. The molecule has 0 heterocycles. The minimum absolute atomic E-state index is 0.0394. The number of rotatable bonds is 6. The fourth-order valence-electron chi connectivity index (χ4n) is 1.39. The van der Waals surface area contributed by atoms with Crippen LogP contribution in [-0.2, 0) is 4.79 Å². The van der Waals surface area contributed by atoms with Gasteiger partial charge in [0.1, 0.15) is 5.75 Å². The maximum absolute atomic E-state index is 11.8. The molecule has 0 radical (unpaired) electrons. The highest BCUT2D eigenvalue weighted by Gasteiger charge is 2.11. The van der Waals surface area contributed by atoms with Gasteiger partial charge in [-0.2, -0.15) is 0 Å². The van der Waals surface area contributed by atoms with Crippen LogP contribution in [0.25, 0.3) is 0 Å². The van der Waals surface area contributed by atoms with E-state index in [9.17, 15) is 9.59 Å². The van der Waals surface area contributed by atoms with E-state index >= 15 is 0 Å². The number of halogens is 1. The molecule has 1 rings (SSSR count).